The first kappa shape index (κ1) is 19.9. The molecule has 1 saturated heterocycles. The predicted molar refractivity (Wildman–Crippen MR) is 106 cm³/mol. The molecular formula is C18H24N4O3S2. The summed E-state index contributed by atoms with van der Waals surface area (Å²) in [6.07, 6.45) is 2.34. The topological polar surface area (TPSA) is 85.3 Å². The van der Waals surface area contributed by atoms with Crippen LogP contribution in [-0.4, -0.2) is 40.0 Å². The van der Waals surface area contributed by atoms with Gasteiger partial charge < -0.3 is 14.6 Å². The molecule has 3 amide bonds. The normalized spacial score (nSPS) is 16.4. The zero-order chi connectivity index (χ0) is 19.2. The second-order valence-corrected chi connectivity index (χ2v) is 8.38. The molecule has 3 heterocycles. The van der Waals surface area contributed by atoms with E-state index in [0.717, 1.165) is 47.4 Å². The lowest BCUT2D eigenvalue weighted by Gasteiger charge is -2.14. The third-order valence-corrected chi connectivity index (χ3v) is 6.27. The highest BCUT2D eigenvalue weighted by molar-refractivity contribution is 7.99. The average molecular weight is 409 g/mol. The van der Waals surface area contributed by atoms with Crippen molar-refractivity contribution in [3.63, 3.8) is 0 Å². The molecule has 0 aliphatic carbocycles. The highest BCUT2D eigenvalue weighted by Crippen LogP contribution is 2.24. The van der Waals surface area contributed by atoms with Gasteiger partial charge in [0.25, 0.3) is 0 Å². The first-order chi connectivity index (χ1) is 13.0. The van der Waals surface area contributed by atoms with Crippen LogP contribution < -0.4 is 10.6 Å². The molecule has 0 spiro atoms. The summed E-state index contributed by atoms with van der Waals surface area (Å²) < 4.78 is 7.83. The lowest BCUT2D eigenvalue weighted by atomic mass is 10.2. The lowest BCUT2D eigenvalue weighted by Crippen LogP contribution is -2.39. The van der Waals surface area contributed by atoms with E-state index in [1.807, 2.05) is 31.4 Å². The third kappa shape index (κ3) is 5.57. The molecule has 1 aliphatic rings. The molecule has 1 unspecified atom stereocenters. The highest BCUT2D eigenvalue weighted by atomic mass is 32.2. The number of rotatable bonds is 7. The van der Waals surface area contributed by atoms with E-state index in [4.69, 9.17) is 4.74 Å². The fourth-order valence-corrected chi connectivity index (χ4v) is 4.40. The molecule has 1 atom stereocenters. The number of nitrogens with one attached hydrogen (secondary N) is 2. The molecule has 0 bridgehead atoms. The van der Waals surface area contributed by atoms with Gasteiger partial charge in [0.2, 0.25) is 5.91 Å². The van der Waals surface area contributed by atoms with Crippen LogP contribution in [0.5, 0.6) is 0 Å². The van der Waals surface area contributed by atoms with Crippen molar-refractivity contribution in [3.8, 4) is 0 Å². The van der Waals surface area contributed by atoms with Crippen molar-refractivity contribution in [3.05, 3.63) is 33.8 Å². The number of urea groups is 1. The molecule has 1 fully saturated rings. The molecule has 2 aromatic rings. The third-order valence-electron chi connectivity index (χ3n) is 4.42. The van der Waals surface area contributed by atoms with Crippen LogP contribution in [-0.2, 0) is 22.6 Å². The number of imide groups is 1. The number of nitrogens with zero attached hydrogens (tertiary/aromatic N) is 2. The largest absolute Gasteiger partial charge is 0.376 e. The molecule has 27 heavy (non-hydrogen) atoms. The predicted octanol–water partition coefficient (Wildman–Crippen LogP) is 2.86. The fourth-order valence-electron chi connectivity index (χ4n) is 2.86. The first-order valence-corrected chi connectivity index (χ1v) is 10.8. The van der Waals surface area contributed by atoms with E-state index >= 15 is 0 Å². The summed E-state index contributed by atoms with van der Waals surface area (Å²) in [5.41, 5.74) is 2.03. The Hall–Kier alpha value is -1.84. The second-order valence-electron chi connectivity index (χ2n) is 6.41. The van der Waals surface area contributed by atoms with Gasteiger partial charge in [-0.25, -0.2) is 9.78 Å². The van der Waals surface area contributed by atoms with Crippen LogP contribution >= 0.6 is 23.1 Å². The summed E-state index contributed by atoms with van der Waals surface area (Å²) in [5, 5.41) is 7.77. The quantitative estimate of drug-likeness (QED) is 0.688. The maximum absolute atomic E-state index is 12.1. The van der Waals surface area contributed by atoms with E-state index in [1.54, 1.807) is 11.3 Å². The van der Waals surface area contributed by atoms with E-state index in [1.165, 1.54) is 11.8 Å². The Morgan fingerprint density at radius 1 is 1.44 bits per heavy atom. The smallest absolute Gasteiger partial charge is 0.321 e. The van der Waals surface area contributed by atoms with Crippen LogP contribution in [0, 0.1) is 13.8 Å². The Bertz CT molecular complexity index is 783. The standard InChI is InChI=1S/C18H24N4O3S2/c1-12-13(2)22(10-14-5-3-7-25-14)18(20-12)27-11-16(23)21-17(24)19-9-15-6-4-8-26-15/h4,6,8,14H,3,5,7,9-11H2,1-2H3,(H2,19,21,23,24). The van der Waals surface area contributed by atoms with Crippen LogP contribution in [0.15, 0.2) is 22.7 Å². The zero-order valence-electron chi connectivity index (χ0n) is 15.5. The number of hydrogen-bond donors (Lipinski definition) is 2. The number of thioether (sulfide) groups is 1. The number of aryl methyl sites for hydroxylation is 1. The van der Waals surface area contributed by atoms with Gasteiger partial charge in [0.05, 0.1) is 30.6 Å². The number of imidazole rings is 1. The maximum Gasteiger partial charge on any atom is 0.321 e. The summed E-state index contributed by atoms with van der Waals surface area (Å²) in [4.78, 5) is 29.5. The first-order valence-electron chi connectivity index (χ1n) is 8.91. The van der Waals surface area contributed by atoms with Gasteiger partial charge in [-0.1, -0.05) is 17.8 Å². The van der Waals surface area contributed by atoms with Gasteiger partial charge in [-0.3, -0.25) is 10.1 Å². The molecule has 146 valence electrons. The van der Waals surface area contributed by atoms with E-state index in [2.05, 4.69) is 20.2 Å². The number of carbonyl (C=O) groups is 2. The molecule has 1 aliphatic heterocycles. The Morgan fingerprint density at radius 2 is 2.30 bits per heavy atom. The molecular weight excluding hydrogens is 384 g/mol. The molecule has 7 nitrogen and oxygen atoms in total. The molecule has 3 rings (SSSR count). The van der Waals surface area contributed by atoms with Crippen molar-refractivity contribution in [2.45, 2.75) is 51.0 Å². The second kappa shape index (κ2) is 9.38. The number of thiophene rings is 1. The molecule has 2 N–H and O–H groups in total. The number of carbonyl (C=O) groups excluding carboxylic acids is 2. The monoisotopic (exact) mass is 408 g/mol. The van der Waals surface area contributed by atoms with E-state index in [0.29, 0.717) is 6.54 Å². The van der Waals surface area contributed by atoms with Crippen molar-refractivity contribution in [1.82, 2.24) is 20.2 Å². The van der Waals surface area contributed by atoms with Crippen molar-refractivity contribution in [2.75, 3.05) is 12.4 Å². The minimum absolute atomic E-state index is 0.133. The number of amides is 3. The van der Waals surface area contributed by atoms with Gasteiger partial charge >= 0.3 is 6.03 Å². The summed E-state index contributed by atoms with van der Waals surface area (Å²) in [6.45, 7) is 5.96. The molecule has 0 saturated carbocycles. The lowest BCUT2D eigenvalue weighted by molar-refractivity contribution is -0.117. The van der Waals surface area contributed by atoms with Crippen molar-refractivity contribution >= 4 is 35.0 Å². The Morgan fingerprint density at radius 3 is 3.00 bits per heavy atom. The van der Waals surface area contributed by atoms with E-state index in [9.17, 15) is 9.59 Å². The number of ether oxygens (including phenoxy) is 1. The van der Waals surface area contributed by atoms with Crippen LogP contribution in [0.4, 0.5) is 4.79 Å². The zero-order valence-corrected chi connectivity index (χ0v) is 17.1. The summed E-state index contributed by atoms with van der Waals surface area (Å²) in [6, 6.07) is 3.37. The molecule has 9 heteroatoms. The van der Waals surface area contributed by atoms with Gasteiger partial charge in [-0.05, 0) is 38.1 Å². The molecule has 0 aromatic carbocycles. The highest BCUT2D eigenvalue weighted by Gasteiger charge is 2.21. The Labute approximate surface area is 166 Å². The Balaban J connectivity index is 1.49. The minimum atomic E-state index is -0.482. The molecule has 0 radical (unpaired) electrons. The summed E-state index contributed by atoms with van der Waals surface area (Å²) in [7, 11) is 0. The van der Waals surface area contributed by atoms with Gasteiger partial charge in [0.1, 0.15) is 0 Å². The van der Waals surface area contributed by atoms with Gasteiger partial charge in [0.15, 0.2) is 5.16 Å². The molecule has 2 aromatic heterocycles. The van der Waals surface area contributed by atoms with E-state index < -0.39 is 6.03 Å². The van der Waals surface area contributed by atoms with Crippen LogP contribution in [0.25, 0.3) is 0 Å². The maximum atomic E-state index is 12.1. The number of hydrogen-bond acceptors (Lipinski definition) is 6. The SMILES string of the molecule is Cc1nc(SCC(=O)NC(=O)NCc2cccs2)n(CC2CCCO2)c1C. The summed E-state index contributed by atoms with van der Waals surface area (Å²) >= 11 is 2.89. The van der Waals surface area contributed by atoms with Crippen molar-refractivity contribution in [1.29, 1.82) is 0 Å². The number of aromatic nitrogens is 2. The average Bonchev–Trinajstić information content (AvgIpc) is 3.38. The van der Waals surface area contributed by atoms with Gasteiger partial charge in [0, 0.05) is 17.2 Å². The van der Waals surface area contributed by atoms with Gasteiger partial charge in [-0.2, -0.15) is 0 Å². The fraction of sp³-hybridized carbons (Fsp3) is 0.500. The van der Waals surface area contributed by atoms with Crippen molar-refractivity contribution < 1.29 is 14.3 Å². The van der Waals surface area contributed by atoms with Crippen LogP contribution in [0.3, 0.4) is 0 Å². The van der Waals surface area contributed by atoms with Gasteiger partial charge in [-0.15, -0.1) is 11.3 Å². The van der Waals surface area contributed by atoms with Crippen LogP contribution in [0.2, 0.25) is 0 Å². The van der Waals surface area contributed by atoms with Crippen molar-refractivity contribution in [2.24, 2.45) is 0 Å². The summed E-state index contributed by atoms with van der Waals surface area (Å²) in [5.74, 6) is -0.209. The van der Waals surface area contributed by atoms with Crippen LogP contribution in [0.1, 0.15) is 29.1 Å². The minimum Gasteiger partial charge on any atom is -0.376 e. The van der Waals surface area contributed by atoms with E-state index in [-0.39, 0.29) is 17.8 Å². The Kier molecular flexibility index (Phi) is 6.92.